The van der Waals surface area contributed by atoms with E-state index in [2.05, 4.69) is 5.32 Å². The van der Waals surface area contributed by atoms with Gasteiger partial charge in [-0.2, -0.15) is 0 Å². The lowest BCUT2D eigenvalue weighted by Crippen LogP contribution is -2.45. The Kier molecular flexibility index (Phi) is 3.56. The van der Waals surface area contributed by atoms with Gasteiger partial charge in [-0.15, -0.1) is 0 Å². The molecule has 5 heteroatoms. The molecule has 1 aromatic carbocycles. The lowest BCUT2D eigenvalue weighted by Gasteiger charge is -2.29. The van der Waals surface area contributed by atoms with Crippen LogP contribution >= 0.6 is 0 Å². The Bertz CT molecular complexity index is 650. The smallest absolute Gasteiger partial charge is 0.265 e. The van der Waals surface area contributed by atoms with Crippen molar-refractivity contribution >= 4 is 11.6 Å². The topological polar surface area (TPSA) is 54.7 Å². The first kappa shape index (κ1) is 13.5. The molecule has 0 saturated heterocycles. The number of carbonyl (C=O) groups excluding carboxylic acids is 1. The van der Waals surface area contributed by atoms with E-state index in [1.807, 2.05) is 37.3 Å². The summed E-state index contributed by atoms with van der Waals surface area (Å²) in [5.41, 5.74) is 1.94. The van der Waals surface area contributed by atoms with Crippen molar-refractivity contribution in [2.45, 2.75) is 19.6 Å². The number of benzene rings is 1. The molecule has 2 aromatic rings. The average Bonchev–Trinajstić information content (AvgIpc) is 2.91. The van der Waals surface area contributed by atoms with Crippen LogP contribution in [-0.4, -0.2) is 30.5 Å². The summed E-state index contributed by atoms with van der Waals surface area (Å²) >= 11 is 0. The van der Waals surface area contributed by atoms with Crippen LogP contribution in [0, 0.1) is 6.92 Å². The van der Waals surface area contributed by atoms with Gasteiger partial charge in [0.1, 0.15) is 11.5 Å². The Labute approximate surface area is 123 Å². The summed E-state index contributed by atoms with van der Waals surface area (Å²) in [4.78, 5) is 14.1. The van der Waals surface area contributed by atoms with Gasteiger partial charge in [0.05, 0.1) is 18.5 Å². The summed E-state index contributed by atoms with van der Waals surface area (Å²) in [5, 5.41) is 3.23. The number of anilines is 1. The van der Waals surface area contributed by atoms with Gasteiger partial charge in [-0.1, -0.05) is 12.1 Å². The Morgan fingerprint density at radius 3 is 2.95 bits per heavy atom. The molecule has 1 amide bonds. The second-order valence-electron chi connectivity index (χ2n) is 5.18. The number of amides is 1. The molecule has 1 unspecified atom stereocenters. The third kappa shape index (κ3) is 2.72. The third-order valence-electron chi connectivity index (χ3n) is 3.66. The molecular weight excluding hydrogens is 268 g/mol. The minimum atomic E-state index is -0.503. The maximum absolute atomic E-state index is 12.5. The minimum absolute atomic E-state index is 0.0439. The number of nitrogens with zero attached hydrogens (tertiary/aromatic N) is 1. The van der Waals surface area contributed by atoms with Crippen LogP contribution in [0.4, 0.5) is 5.69 Å². The largest absolute Gasteiger partial charge is 0.477 e. The lowest BCUT2D eigenvalue weighted by molar-refractivity contribution is -0.137. The number of fused-ring (bicyclic) bond motifs is 1. The van der Waals surface area contributed by atoms with Crippen LogP contribution in [0.15, 0.2) is 41.0 Å². The van der Waals surface area contributed by atoms with E-state index in [1.54, 1.807) is 18.2 Å². The normalized spacial score (nSPS) is 16.6. The number of carbonyl (C=O) groups is 1. The number of likely N-dealkylation sites (N-methyl/N-ethyl adjacent to an activating group) is 1. The zero-order valence-electron chi connectivity index (χ0n) is 12.1. The zero-order chi connectivity index (χ0) is 14.8. The molecule has 21 heavy (non-hydrogen) atoms. The van der Waals surface area contributed by atoms with Gasteiger partial charge in [-0.05, 0) is 25.1 Å². The average molecular weight is 286 g/mol. The van der Waals surface area contributed by atoms with Crippen molar-refractivity contribution in [2.75, 3.05) is 18.9 Å². The van der Waals surface area contributed by atoms with Gasteiger partial charge in [0, 0.05) is 19.2 Å². The molecule has 1 aliphatic rings. The molecule has 1 aliphatic heterocycles. The molecule has 0 spiro atoms. The first-order valence-electron chi connectivity index (χ1n) is 6.92. The summed E-state index contributed by atoms with van der Waals surface area (Å²) in [6.07, 6.45) is 1.13. The molecular formula is C16H18N2O3. The summed E-state index contributed by atoms with van der Waals surface area (Å²) in [6, 6.07) is 9.52. The Morgan fingerprint density at radius 2 is 2.19 bits per heavy atom. The van der Waals surface area contributed by atoms with Gasteiger partial charge < -0.3 is 19.4 Å². The van der Waals surface area contributed by atoms with Crippen LogP contribution in [-0.2, 0) is 11.3 Å². The van der Waals surface area contributed by atoms with Crippen molar-refractivity contribution in [1.29, 1.82) is 0 Å². The predicted octanol–water partition coefficient (Wildman–Crippen LogP) is 2.42. The second-order valence-corrected chi connectivity index (χ2v) is 5.18. The highest BCUT2D eigenvalue weighted by Gasteiger charge is 2.28. The number of hydrogen-bond donors (Lipinski definition) is 1. The fourth-order valence-electron chi connectivity index (χ4n) is 2.41. The fraction of sp³-hybridized carbons (Fsp3) is 0.312. The zero-order valence-corrected chi connectivity index (χ0v) is 12.1. The van der Waals surface area contributed by atoms with Crippen molar-refractivity contribution < 1.29 is 13.9 Å². The van der Waals surface area contributed by atoms with Crippen LogP contribution in [0.25, 0.3) is 0 Å². The Balaban J connectivity index is 1.67. The minimum Gasteiger partial charge on any atom is -0.477 e. The van der Waals surface area contributed by atoms with E-state index < -0.39 is 6.10 Å². The molecule has 0 aliphatic carbocycles. The molecule has 3 rings (SSSR count). The number of furan rings is 1. The van der Waals surface area contributed by atoms with Crippen LogP contribution in [0.1, 0.15) is 11.3 Å². The predicted molar refractivity (Wildman–Crippen MR) is 79.3 cm³/mol. The summed E-state index contributed by atoms with van der Waals surface area (Å²) in [6.45, 7) is 2.88. The highest BCUT2D eigenvalue weighted by Crippen LogP contribution is 2.28. The number of rotatable bonds is 3. The van der Waals surface area contributed by atoms with E-state index in [1.165, 1.54) is 0 Å². The van der Waals surface area contributed by atoms with Gasteiger partial charge in [-0.3, -0.25) is 4.79 Å². The molecule has 2 heterocycles. The monoisotopic (exact) mass is 286 g/mol. The van der Waals surface area contributed by atoms with Crippen LogP contribution in [0.3, 0.4) is 0 Å². The van der Waals surface area contributed by atoms with E-state index in [0.717, 1.165) is 22.8 Å². The van der Waals surface area contributed by atoms with Crippen LogP contribution < -0.4 is 10.1 Å². The maximum atomic E-state index is 12.5. The van der Waals surface area contributed by atoms with Crippen molar-refractivity contribution in [2.24, 2.45) is 0 Å². The molecule has 5 nitrogen and oxygen atoms in total. The Morgan fingerprint density at radius 1 is 1.38 bits per heavy atom. The fourth-order valence-corrected chi connectivity index (χ4v) is 2.41. The maximum Gasteiger partial charge on any atom is 0.265 e. The van der Waals surface area contributed by atoms with Crippen LogP contribution in [0.5, 0.6) is 5.75 Å². The number of nitrogens with one attached hydrogen (secondary N) is 1. The highest BCUT2D eigenvalue weighted by molar-refractivity contribution is 5.83. The molecule has 1 N–H and O–H groups in total. The van der Waals surface area contributed by atoms with Gasteiger partial charge in [0.2, 0.25) is 0 Å². The Hall–Kier alpha value is -2.43. The van der Waals surface area contributed by atoms with E-state index in [4.69, 9.17) is 9.15 Å². The number of ether oxygens (including phenoxy) is 1. The van der Waals surface area contributed by atoms with E-state index >= 15 is 0 Å². The molecule has 0 bridgehead atoms. The number of aryl methyl sites for hydroxylation is 1. The summed E-state index contributed by atoms with van der Waals surface area (Å²) in [5.74, 6) is 1.51. The summed E-state index contributed by atoms with van der Waals surface area (Å²) in [7, 11) is 1.78. The van der Waals surface area contributed by atoms with E-state index in [0.29, 0.717) is 13.1 Å². The van der Waals surface area contributed by atoms with Gasteiger partial charge in [-0.25, -0.2) is 0 Å². The highest BCUT2D eigenvalue weighted by atomic mass is 16.5. The molecule has 1 atom stereocenters. The van der Waals surface area contributed by atoms with E-state index in [-0.39, 0.29) is 5.91 Å². The third-order valence-corrected chi connectivity index (χ3v) is 3.66. The standard InChI is InChI=1S/C16H18N2O3/c1-11-12(7-8-20-11)10-18(2)16(19)15-9-17-13-5-3-4-6-14(13)21-15/h3-8,15,17H,9-10H2,1-2H3. The lowest BCUT2D eigenvalue weighted by atomic mass is 10.2. The molecule has 0 radical (unpaired) electrons. The van der Waals surface area contributed by atoms with Crippen molar-refractivity contribution in [3.8, 4) is 5.75 Å². The first-order chi connectivity index (χ1) is 10.1. The van der Waals surface area contributed by atoms with Gasteiger partial charge >= 0.3 is 0 Å². The van der Waals surface area contributed by atoms with Gasteiger partial charge in [0.25, 0.3) is 5.91 Å². The first-order valence-corrected chi connectivity index (χ1v) is 6.92. The molecule has 1 aromatic heterocycles. The van der Waals surface area contributed by atoms with Crippen LogP contribution in [0.2, 0.25) is 0 Å². The van der Waals surface area contributed by atoms with Crippen molar-refractivity contribution in [1.82, 2.24) is 4.90 Å². The van der Waals surface area contributed by atoms with E-state index in [9.17, 15) is 4.79 Å². The SMILES string of the molecule is Cc1occc1CN(C)C(=O)C1CNc2ccccc2O1. The summed E-state index contributed by atoms with van der Waals surface area (Å²) < 4.78 is 11.0. The molecule has 0 saturated carbocycles. The quantitative estimate of drug-likeness (QED) is 0.941. The second kappa shape index (κ2) is 5.52. The molecule has 110 valence electrons. The number of para-hydroxylation sites is 2. The number of hydrogen-bond acceptors (Lipinski definition) is 4. The van der Waals surface area contributed by atoms with Crippen molar-refractivity contribution in [3.63, 3.8) is 0 Å². The van der Waals surface area contributed by atoms with Gasteiger partial charge in [0.15, 0.2) is 6.10 Å². The molecule has 0 fully saturated rings. The van der Waals surface area contributed by atoms with Crippen molar-refractivity contribution in [3.05, 3.63) is 47.9 Å².